The molecule has 0 radical (unpaired) electrons. The van der Waals surface area contributed by atoms with Crippen LogP contribution in [-0.4, -0.2) is 25.7 Å². The Bertz CT molecular complexity index is 1420. The Morgan fingerprint density at radius 2 is 1.87 bits per heavy atom. The molecule has 2 heterocycles. The molecule has 0 saturated heterocycles. The lowest BCUT2D eigenvalue weighted by Gasteiger charge is -2.11. The van der Waals surface area contributed by atoms with Crippen LogP contribution in [0.25, 0.3) is 22.2 Å². The van der Waals surface area contributed by atoms with E-state index in [-0.39, 0.29) is 0 Å². The second-order valence-corrected chi connectivity index (χ2v) is 9.12. The molecule has 196 valence electrons. The van der Waals surface area contributed by atoms with Crippen LogP contribution in [0, 0.1) is 17.2 Å². The molecule has 2 aliphatic carbocycles. The molecule has 2 aliphatic rings. The van der Waals surface area contributed by atoms with Crippen LogP contribution in [0.1, 0.15) is 64.5 Å². The number of aromatic nitrogens is 3. The fourth-order valence-electron chi connectivity index (χ4n) is 4.28. The van der Waals surface area contributed by atoms with Gasteiger partial charge in [-0.2, -0.15) is 5.26 Å². The standard InChI is InChI=1S/C23H17N5O3.C5H10.C2H6/c24-12-19-18-8-7-17(31-21-13-25-9-10-26-21)11-20(18)28(16-5-6-16)22(19)14-1-3-15(4-2-14)27-23(29)30;1-2-5-3-4-5;1-2/h1-4,7-11,13,16,27H,5-6H2,(H,29,30);5H,2-4H2,1H3;1-2H3. The van der Waals surface area contributed by atoms with E-state index in [0.29, 0.717) is 28.9 Å². The average molecular weight is 512 g/mol. The van der Waals surface area contributed by atoms with E-state index in [4.69, 9.17) is 9.84 Å². The maximum atomic E-state index is 10.9. The van der Waals surface area contributed by atoms with Crippen LogP contribution in [0.4, 0.5) is 10.5 Å². The molecule has 2 aromatic carbocycles. The van der Waals surface area contributed by atoms with Gasteiger partial charge in [0.1, 0.15) is 11.8 Å². The molecule has 8 heteroatoms. The van der Waals surface area contributed by atoms with E-state index in [1.807, 2.05) is 44.2 Å². The van der Waals surface area contributed by atoms with Crippen molar-refractivity contribution in [1.82, 2.24) is 14.5 Å². The van der Waals surface area contributed by atoms with Gasteiger partial charge >= 0.3 is 6.09 Å². The van der Waals surface area contributed by atoms with Gasteiger partial charge < -0.3 is 14.4 Å². The second-order valence-electron chi connectivity index (χ2n) is 9.12. The molecule has 6 rings (SSSR count). The van der Waals surface area contributed by atoms with Crippen molar-refractivity contribution in [2.45, 2.75) is 58.9 Å². The number of hydrogen-bond acceptors (Lipinski definition) is 5. The van der Waals surface area contributed by atoms with Crippen molar-refractivity contribution in [2.75, 3.05) is 5.32 Å². The summed E-state index contributed by atoms with van der Waals surface area (Å²) in [5.41, 5.74) is 3.67. The van der Waals surface area contributed by atoms with Crippen LogP contribution in [-0.2, 0) is 0 Å². The lowest BCUT2D eigenvalue weighted by atomic mass is 10.1. The molecule has 8 nitrogen and oxygen atoms in total. The highest BCUT2D eigenvalue weighted by Crippen LogP contribution is 2.45. The van der Waals surface area contributed by atoms with Crippen molar-refractivity contribution in [1.29, 1.82) is 5.26 Å². The summed E-state index contributed by atoms with van der Waals surface area (Å²) in [5.74, 6) is 2.15. The third-order valence-electron chi connectivity index (χ3n) is 6.45. The van der Waals surface area contributed by atoms with Crippen molar-refractivity contribution in [2.24, 2.45) is 5.92 Å². The maximum Gasteiger partial charge on any atom is 0.409 e. The minimum absolute atomic E-state index is 0.309. The van der Waals surface area contributed by atoms with Crippen molar-refractivity contribution in [3.63, 3.8) is 0 Å². The summed E-state index contributed by atoms with van der Waals surface area (Å²) in [6, 6.07) is 15.4. The fraction of sp³-hybridized carbons (Fsp3) is 0.333. The first-order valence-electron chi connectivity index (χ1n) is 13.2. The van der Waals surface area contributed by atoms with E-state index in [0.717, 1.165) is 40.9 Å². The van der Waals surface area contributed by atoms with Gasteiger partial charge in [-0.3, -0.25) is 10.3 Å². The molecular formula is C30H33N5O3. The first-order valence-corrected chi connectivity index (χ1v) is 13.2. The van der Waals surface area contributed by atoms with Crippen LogP contribution < -0.4 is 10.1 Å². The number of rotatable bonds is 6. The summed E-state index contributed by atoms with van der Waals surface area (Å²) in [7, 11) is 0. The summed E-state index contributed by atoms with van der Waals surface area (Å²) in [6.45, 7) is 6.26. The molecule has 0 atom stereocenters. The van der Waals surface area contributed by atoms with Crippen molar-refractivity contribution in [3.8, 4) is 29.0 Å². The van der Waals surface area contributed by atoms with Gasteiger partial charge in [0.15, 0.2) is 0 Å². The molecule has 2 saturated carbocycles. The Morgan fingerprint density at radius 1 is 1.13 bits per heavy atom. The molecule has 2 aromatic heterocycles. The zero-order valence-corrected chi connectivity index (χ0v) is 22.0. The van der Waals surface area contributed by atoms with Crippen LogP contribution in [0.5, 0.6) is 11.6 Å². The zero-order valence-electron chi connectivity index (χ0n) is 22.0. The topological polar surface area (TPSA) is 113 Å². The third kappa shape index (κ3) is 6.30. The monoisotopic (exact) mass is 511 g/mol. The number of nitriles is 1. The first kappa shape index (κ1) is 26.7. The van der Waals surface area contributed by atoms with E-state index in [2.05, 4.69) is 32.8 Å². The molecule has 0 unspecified atom stereocenters. The molecule has 0 aliphatic heterocycles. The molecule has 1 amide bonds. The summed E-state index contributed by atoms with van der Waals surface area (Å²) in [6.07, 6.45) is 10.1. The number of ether oxygens (including phenoxy) is 1. The van der Waals surface area contributed by atoms with Crippen LogP contribution in [0.3, 0.4) is 0 Å². The number of nitrogens with one attached hydrogen (secondary N) is 1. The van der Waals surface area contributed by atoms with Crippen LogP contribution >= 0.6 is 0 Å². The van der Waals surface area contributed by atoms with Crippen molar-refractivity contribution in [3.05, 3.63) is 66.6 Å². The summed E-state index contributed by atoms with van der Waals surface area (Å²) < 4.78 is 8.04. The largest absolute Gasteiger partial charge is 0.465 e. The number of carboxylic acid groups (broad SMARTS) is 1. The fourth-order valence-corrected chi connectivity index (χ4v) is 4.28. The van der Waals surface area contributed by atoms with Crippen LogP contribution in [0.2, 0.25) is 0 Å². The van der Waals surface area contributed by atoms with Gasteiger partial charge in [-0.25, -0.2) is 9.78 Å². The third-order valence-corrected chi connectivity index (χ3v) is 6.45. The lowest BCUT2D eigenvalue weighted by Crippen LogP contribution is -2.06. The van der Waals surface area contributed by atoms with Gasteiger partial charge in [0.05, 0.1) is 23.0 Å². The summed E-state index contributed by atoms with van der Waals surface area (Å²) in [4.78, 5) is 19.0. The number of amides is 1. The molecule has 4 aromatic rings. The molecule has 0 bridgehead atoms. The lowest BCUT2D eigenvalue weighted by molar-refractivity contribution is 0.209. The van der Waals surface area contributed by atoms with Gasteiger partial charge in [0.25, 0.3) is 0 Å². The molecule has 38 heavy (non-hydrogen) atoms. The van der Waals surface area contributed by atoms with Gasteiger partial charge in [-0.1, -0.05) is 52.2 Å². The second kappa shape index (κ2) is 12.2. The molecular weight excluding hydrogens is 478 g/mol. The number of fused-ring (bicyclic) bond motifs is 1. The van der Waals surface area contributed by atoms with Gasteiger partial charge in [-0.15, -0.1) is 0 Å². The van der Waals surface area contributed by atoms with E-state index in [9.17, 15) is 10.1 Å². The quantitative estimate of drug-likeness (QED) is 0.271. The van der Waals surface area contributed by atoms with E-state index >= 15 is 0 Å². The number of hydrogen-bond donors (Lipinski definition) is 2. The highest BCUT2D eigenvalue weighted by molar-refractivity contribution is 5.96. The van der Waals surface area contributed by atoms with Gasteiger partial charge in [-0.05, 0) is 48.6 Å². The maximum absolute atomic E-state index is 10.9. The molecule has 2 fully saturated rings. The van der Waals surface area contributed by atoms with Crippen LogP contribution in [0.15, 0.2) is 61.1 Å². The zero-order chi connectivity index (χ0) is 27.1. The SMILES string of the molecule is CC.CCC1CC1.N#Cc1c(-c2ccc(NC(=O)O)cc2)n(C2CC2)c2cc(Oc3cnccn3)ccc12. The average Bonchev–Trinajstić information content (AvgIpc) is 3.88. The number of benzene rings is 2. The Morgan fingerprint density at radius 3 is 2.39 bits per heavy atom. The normalized spacial score (nSPS) is 13.8. The number of anilines is 1. The molecule has 0 spiro atoms. The van der Waals surface area contributed by atoms with E-state index < -0.39 is 6.09 Å². The number of nitrogens with zero attached hydrogens (tertiary/aromatic N) is 4. The van der Waals surface area contributed by atoms with Gasteiger partial charge in [0, 0.05) is 35.6 Å². The van der Waals surface area contributed by atoms with E-state index in [1.54, 1.807) is 30.7 Å². The number of carbonyl (C=O) groups is 1. The minimum Gasteiger partial charge on any atom is -0.465 e. The predicted octanol–water partition coefficient (Wildman–Crippen LogP) is 8.02. The first-order chi connectivity index (χ1) is 18.6. The predicted molar refractivity (Wildman–Crippen MR) is 148 cm³/mol. The van der Waals surface area contributed by atoms with E-state index in [1.165, 1.54) is 19.3 Å². The van der Waals surface area contributed by atoms with Gasteiger partial charge in [0.2, 0.25) is 5.88 Å². The Kier molecular flexibility index (Phi) is 8.59. The highest BCUT2D eigenvalue weighted by Gasteiger charge is 2.31. The Labute approximate surface area is 222 Å². The highest BCUT2D eigenvalue weighted by atomic mass is 16.5. The summed E-state index contributed by atoms with van der Waals surface area (Å²) in [5, 5.41) is 22.1. The van der Waals surface area contributed by atoms with Crippen molar-refractivity contribution < 1.29 is 14.6 Å². The smallest absolute Gasteiger partial charge is 0.409 e. The minimum atomic E-state index is -1.12. The Hall–Kier alpha value is -4.38. The molecule has 2 N–H and O–H groups in total. The van der Waals surface area contributed by atoms with Crippen molar-refractivity contribution >= 4 is 22.7 Å². The summed E-state index contributed by atoms with van der Waals surface area (Å²) >= 11 is 0. The Balaban J connectivity index is 0.000000425.